The van der Waals surface area contributed by atoms with E-state index in [0.717, 1.165) is 35.9 Å². The molecule has 4 rings (SSSR count). The zero-order chi connectivity index (χ0) is 17.9. The minimum atomic E-state index is 0.549. The van der Waals surface area contributed by atoms with Gasteiger partial charge in [-0.1, -0.05) is 42.8 Å². The van der Waals surface area contributed by atoms with Gasteiger partial charge in [0.25, 0.3) is 0 Å². The van der Waals surface area contributed by atoms with E-state index >= 15 is 0 Å². The first-order valence-electron chi connectivity index (χ1n) is 9.67. The molecule has 1 fully saturated rings. The molecule has 0 amide bonds. The van der Waals surface area contributed by atoms with E-state index in [4.69, 9.17) is 16.6 Å². The summed E-state index contributed by atoms with van der Waals surface area (Å²) >= 11 is 6.20. The molecule has 1 aliphatic heterocycles. The highest BCUT2D eigenvalue weighted by Crippen LogP contribution is 2.20. The summed E-state index contributed by atoms with van der Waals surface area (Å²) in [7, 11) is 0. The highest BCUT2D eigenvalue weighted by Gasteiger charge is 2.24. The maximum Gasteiger partial charge on any atom is 0.137 e. The Hall–Kier alpha value is -1.62. The van der Waals surface area contributed by atoms with E-state index in [1.807, 2.05) is 18.3 Å². The highest BCUT2D eigenvalue weighted by molar-refractivity contribution is 6.30. The molecule has 4 nitrogen and oxygen atoms in total. The lowest BCUT2D eigenvalue weighted by atomic mass is 10.0. The van der Waals surface area contributed by atoms with Crippen LogP contribution in [-0.2, 0) is 13.0 Å². The first-order valence-corrected chi connectivity index (χ1v) is 10.0. The summed E-state index contributed by atoms with van der Waals surface area (Å²) in [5, 5.41) is 4.51. The number of aromatic nitrogens is 2. The van der Waals surface area contributed by atoms with Crippen molar-refractivity contribution in [3.05, 3.63) is 59.0 Å². The number of nitrogens with zero attached hydrogens (tertiary/aromatic N) is 3. The normalized spacial score (nSPS) is 23.3. The molecule has 2 aromatic rings. The molecule has 138 valence electrons. The van der Waals surface area contributed by atoms with E-state index in [1.165, 1.54) is 31.6 Å². The first-order chi connectivity index (χ1) is 12.7. The quantitative estimate of drug-likeness (QED) is 0.838. The number of pyridine rings is 1. The van der Waals surface area contributed by atoms with Gasteiger partial charge in [-0.3, -0.25) is 0 Å². The van der Waals surface area contributed by atoms with Crippen molar-refractivity contribution >= 4 is 17.2 Å². The third kappa shape index (κ3) is 3.88. The molecule has 2 aliphatic rings. The summed E-state index contributed by atoms with van der Waals surface area (Å²) in [6.45, 7) is 6.49. The van der Waals surface area contributed by atoms with Gasteiger partial charge >= 0.3 is 0 Å². The molecule has 3 heterocycles. The van der Waals surface area contributed by atoms with Crippen molar-refractivity contribution in [2.75, 3.05) is 19.6 Å². The van der Waals surface area contributed by atoms with Crippen LogP contribution in [0, 0.1) is 5.92 Å². The lowest BCUT2D eigenvalue weighted by Crippen LogP contribution is -2.34. The molecule has 5 heteroatoms. The van der Waals surface area contributed by atoms with Crippen LogP contribution in [0.4, 0.5) is 0 Å². The largest absolute Gasteiger partial charge is 0.307 e. The van der Waals surface area contributed by atoms with Crippen LogP contribution in [0.2, 0.25) is 5.02 Å². The molecule has 2 unspecified atom stereocenters. The van der Waals surface area contributed by atoms with Gasteiger partial charge in [-0.25, -0.2) is 4.98 Å². The number of aryl methyl sites for hydroxylation is 1. The van der Waals surface area contributed by atoms with Gasteiger partial charge < -0.3 is 14.6 Å². The number of halogens is 1. The Balaban J connectivity index is 1.37. The Morgan fingerprint density at radius 3 is 3.04 bits per heavy atom. The summed E-state index contributed by atoms with van der Waals surface area (Å²) in [5.41, 5.74) is 3.38. The van der Waals surface area contributed by atoms with Gasteiger partial charge in [0.15, 0.2) is 0 Å². The van der Waals surface area contributed by atoms with Crippen LogP contribution in [0.3, 0.4) is 0 Å². The van der Waals surface area contributed by atoms with Crippen molar-refractivity contribution in [3.8, 4) is 0 Å². The lowest BCUT2D eigenvalue weighted by Gasteiger charge is -2.22. The number of hydrogen-bond acceptors (Lipinski definition) is 3. The molecule has 0 bridgehead atoms. The molecular weight excluding hydrogens is 344 g/mol. The first kappa shape index (κ1) is 17.8. The average molecular weight is 371 g/mol. The zero-order valence-corrected chi connectivity index (χ0v) is 16.1. The second-order valence-corrected chi connectivity index (χ2v) is 7.81. The molecule has 0 saturated carbocycles. The summed E-state index contributed by atoms with van der Waals surface area (Å²) in [6.07, 6.45) is 14.3. The van der Waals surface area contributed by atoms with Crippen LogP contribution in [-0.4, -0.2) is 40.0 Å². The molecule has 2 atom stereocenters. The number of imidazole rings is 1. The molecule has 1 N–H and O–H groups in total. The van der Waals surface area contributed by atoms with Crippen LogP contribution >= 0.6 is 11.6 Å². The monoisotopic (exact) mass is 370 g/mol. The van der Waals surface area contributed by atoms with Crippen LogP contribution in [0.25, 0.3) is 5.65 Å². The van der Waals surface area contributed by atoms with E-state index < -0.39 is 0 Å². The van der Waals surface area contributed by atoms with Gasteiger partial charge in [0.05, 0.1) is 16.4 Å². The summed E-state index contributed by atoms with van der Waals surface area (Å²) in [5.74, 6) is 0.673. The predicted octanol–water partition coefficient (Wildman–Crippen LogP) is 3.85. The summed E-state index contributed by atoms with van der Waals surface area (Å²) in [6, 6.07) is 4.45. The van der Waals surface area contributed by atoms with Gasteiger partial charge in [0.1, 0.15) is 5.65 Å². The third-order valence-corrected chi connectivity index (χ3v) is 5.72. The Morgan fingerprint density at radius 2 is 2.23 bits per heavy atom. The molecule has 0 spiro atoms. The topological polar surface area (TPSA) is 32.6 Å². The van der Waals surface area contributed by atoms with Crippen molar-refractivity contribution in [2.24, 2.45) is 5.92 Å². The van der Waals surface area contributed by atoms with E-state index in [-0.39, 0.29) is 0 Å². The van der Waals surface area contributed by atoms with E-state index in [2.05, 4.69) is 45.8 Å². The number of likely N-dealkylation sites (tertiary alicyclic amines) is 1. The molecule has 2 aromatic heterocycles. The Labute approximate surface area is 160 Å². The minimum Gasteiger partial charge on any atom is -0.307 e. The molecule has 26 heavy (non-hydrogen) atoms. The number of hydrogen-bond donors (Lipinski definition) is 1. The third-order valence-electron chi connectivity index (χ3n) is 5.49. The summed E-state index contributed by atoms with van der Waals surface area (Å²) in [4.78, 5) is 7.34. The SMILES string of the molecule is CCc1nc2ccc(Cl)cn2c1CNC1CCN(CC2C=CC=CC2)C1. The maximum absolute atomic E-state index is 6.20. The van der Waals surface area contributed by atoms with Gasteiger partial charge in [-0.2, -0.15) is 0 Å². The van der Waals surface area contributed by atoms with Gasteiger partial charge in [-0.15, -0.1) is 0 Å². The average Bonchev–Trinajstić information content (AvgIpc) is 3.24. The standard InChI is InChI=1S/C21H27ClN4/c1-2-19-20(26-14-17(22)8-9-21(26)24-19)12-23-18-10-11-25(15-18)13-16-6-4-3-5-7-16/h3-6,8-9,14,16,18,23H,2,7,10-13,15H2,1H3. The molecular formula is C21H27ClN4. The van der Waals surface area contributed by atoms with Crippen LogP contribution in [0.1, 0.15) is 31.2 Å². The van der Waals surface area contributed by atoms with Gasteiger partial charge in [-0.05, 0) is 43.9 Å². The maximum atomic E-state index is 6.20. The predicted molar refractivity (Wildman–Crippen MR) is 108 cm³/mol. The molecule has 0 aromatic carbocycles. The Bertz CT molecular complexity index is 823. The number of allylic oxidation sites excluding steroid dienone is 3. The summed E-state index contributed by atoms with van der Waals surface area (Å²) < 4.78 is 2.14. The molecule has 0 radical (unpaired) electrons. The minimum absolute atomic E-state index is 0.549. The van der Waals surface area contributed by atoms with Gasteiger partial charge in [0, 0.05) is 31.9 Å². The van der Waals surface area contributed by atoms with Crippen LogP contribution in [0.15, 0.2) is 42.6 Å². The second-order valence-electron chi connectivity index (χ2n) is 7.37. The zero-order valence-electron chi connectivity index (χ0n) is 15.4. The van der Waals surface area contributed by atoms with Crippen LogP contribution in [0.5, 0.6) is 0 Å². The van der Waals surface area contributed by atoms with Crippen molar-refractivity contribution in [1.29, 1.82) is 0 Å². The van der Waals surface area contributed by atoms with Crippen molar-refractivity contribution in [3.63, 3.8) is 0 Å². The fourth-order valence-electron chi connectivity index (χ4n) is 4.09. The molecule has 1 saturated heterocycles. The van der Waals surface area contributed by atoms with Gasteiger partial charge in [0.2, 0.25) is 0 Å². The van der Waals surface area contributed by atoms with Crippen molar-refractivity contribution in [2.45, 2.75) is 38.8 Å². The number of fused-ring (bicyclic) bond motifs is 1. The van der Waals surface area contributed by atoms with E-state index in [9.17, 15) is 0 Å². The lowest BCUT2D eigenvalue weighted by molar-refractivity contribution is 0.294. The molecule has 1 aliphatic carbocycles. The fraction of sp³-hybridized carbons (Fsp3) is 0.476. The second kappa shape index (κ2) is 7.95. The van der Waals surface area contributed by atoms with Crippen molar-refractivity contribution < 1.29 is 0 Å². The number of nitrogens with one attached hydrogen (secondary N) is 1. The van der Waals surface area contributed by atoms with E-state index in [0.29, 0.717) is 12.0 Å². The number of rotatable bonds is 6. The highest BCUT2D eigenvalue weighted by atomic mass is 35.5. The van der Waals surface area contributed by atoms with Crippen molar-refractivity contribution in [1.82, 2.24) is 19.6 Å². The Kier molecular flexibility index (Phi) is 5.44. The smallest absolute Gasteiger partial charge is 0.137 e. The van der Waals surface area contributed by atoms with Crippen LogP contribution < -0.4 is 5.32 Å². The van der Waals surface area contributed by atoms with E-state index in [1.54, 1.807) is 0 Å². The fourth-order valence-corrected chi connectivity index (χ4v) is 4.25. The Morgan fingerprint density at radius 1 is 1.31 bits per heavy atom.